The SMILES string of the molecule is Cl.Clc1ccc(-c2cccc3oc(-c4ccccc4C4=NCCN4)cc23)cc1. The van der Waals surface area contributed by atoms with E-state index in [9.17, 15) is 0 Å². The molecule has 3 nitrogen and oxygen atoms in total. The van der Waals surface area contributed by atoms with Crippen LogP contribution in [0.1, 0.15) is 5.56 Å². The van der Waals surface area contributed by atoms with Crippen LogP contribution >= 0.6 is 24.0 Å². The number of aliphatic imine (C=N–C) groups is 1. The zero-order chi connectivity index (χ0) is 18.2. The van der Waals surface area contributed by atoms with E-state index >= 15 is 0 Å². The molecular formula is C23H18Cl2N2O. The Hall–Kier alpha value is -2.75. The predicted molar refractivity (Wildman–Crippen MR) is 119 cm³/mol. The van der Waals surface area contributed by atoms with Gasteiger partial charge in [0.25, 0.3) is 0 Å². The van der Waals surface area contributed by atoms with Gasteiger partial charge in [0.2, 0.25) is 0 Å². The molecule has 2 heterocycles. The first-order valence-corrected chi connectivity index (χ1v) is 9.34. The Morgan fingerprint density at radius 3 is 2.36 bits per heavy atom. The molecule has 1 aromatic heterocycles. The Kier molecular flexibility index (Phi) is 5.12. The molecule has 0 aliphatic carbocycles. The van der Waals surface area contributed by atoms with Gasteiger partial charge in [-0.1, -0.05) is 60.1 Å². The second-order valence-electron chi connectivity index (χ2n) is 6.54. The molecule has 0 bridgehead atoms. The average Bonchev–Trinajstić information content (AvgIpc) is 3.38. The van der Waals surface area contributed by atoms with Crippen LogP contribution in [0.3, 0.4) is 0 Å². The van der Waals surface area contributed by atoms with Gasteiger partial charge in [0.15, 0.2) is 0 Å². The fourth-order valence-electron chi connectivity index (χ4n) is 3.56. The van der Waals surface area contributed by atoms with Crippen LogP contribution in [0.25, 0.3) is 33.4 Å². The van der Waals surface area contributed by atoms with Crippen molar-refractivity contribution in [3.05, 3.63) is 83.4 Å². The van der Waals surface area contributed by atoms with Crippen LogP contribution in [0.4, 0.5) is 0 Å². The number of fused-ring (bicyclic) bond motifs is 1. The molecule has 0 unspecified atom stereocenters. The van der Waals surface area contributed by atoms with Crippen molar-refractivity contribution in [2.75, 3.05) is 13.1 Å². The number of furan rings is 1. The molecule has 0 atom stereocenters. The fraction of sp³-hybridized carbons (Fsp3) is 0.0870. The number of benzene rings is 3. The van der Waals surface area contributed by atoms with Gasteiger partial charge in [-0.05, 0) is 35.4 Å². The van der Waals surface area contributed by atoms with E-state index in [2.05, 4.69) is 34.6 Å². The van der Waals surface area contributed by atoms with E-state index in [1.807, 2.05) is 48.5 Å². The number of nitrogens with zero attached hydrogens (tertiary/aromatic N) is 1. The van der Waals surface area contributed by atoms with Crippen LogP contribution in [-0.4, -0.2) is 18.9 Å². The van der Waals surface area contributed by atoms with Gasteiger partial charge in [0.05, 0.1) is 6.54 Å². The quantitative estimate of drug-likeness (QED) is 0.438. The minimum atomic E-state index is 0. The maximum absolute atomic E-state index is 6.23. The van der Waals surface area contributed by atoms with Crippen molar-refractivity contribution >= 4 is 40.8 Å². The van der Waals surface area contributed by atoms with Crippen LogP contribution in [-0.2, 0) is 0 Å². The molecule has 4 aromatic rings. The van der Waals surface area contributed by atoms with Crippen molar-refractivity contribution in [2.24, 2.45) is 4.99 Å². The molecule has 0 fully saturated rings. The summed E-state index contributed by atoms with van der Waals surface area (Å²) in [6.45, 7) is 1.69. The summed E-state index contributed by atoms with van der Waals surface area (Å²) >= 11 is 6.05. The summed E-state index contributed by atoms with van der Waals surface area (Å²) in [5.41, 5.74) is 5.24. The van der Waals surface area contributed by atoms with E-state index in [1.54, 1.807) is 0 Å². The zero-order valence-corrected chi connectivity index (χ0v) is 16.6. The van der Waals surface area contributed by atoms with E-state index in [0.717, 1.165) is 62.9 Å². The molecule has 28 heavy (non-hydrogen) atoms. The lowest BCUT2D eigenvalue weighted by Gasteiger charge is -2.07. The summed E-state index contributed by atoms with van der Waals surface area (Å²) in [6.07, 6.45) is 0. The largest absolute Gasteiger partial charge is 0.456 e. The second-order valence-corrected chi connectivity index (χ2v) is 6.97. The number of amidine groups is 1. The summed E-state index contributed by atoms with van der Waals surface area (Å²) in [4.78, 5) is 4.57. The molecule has 1 aliphatic heterocycles. The number of hydrogen-bond donors (Lipinski definition) is 1. The topological polar surface area (TPSA) is 37.5 Å². The monoisotopic (exact) mass is 408 g/mol. The Morgan fingerprint density at radius 2 is 1.61 bits per heavy atom. The van der Waals surface area contributed by atoms with Crippen LogP contribution in [0, 0.1) is 0 Å². The van der Waals surface area contributed by atoms with Gasteiger partial charge in [-0.15, -0.1) is 12.4 Å². The van der Waals surface area contributed by atoms with Crippen LogP contribution in [0.5, 0.6) is 0 Å². The third-order valence-corrected chi connectivity index (χ3v) is 5.09. The molecule has 0 spiro atoms. The fourth-order valence-corrected chi connectivity index (χ4v) is 3.68. The van der Waals surface area contributed by atoms with Gasteiger partial charge in [-0.25, -0.2) is 0 Å². The third-order valence-electron chi connectivity index (χ3n) is 4.84. The Bertz CT molecular complexity index is 1160. The Labute approximate surface area is 174 Å². The minimum absolute atomic E-state index is 0. The lowest BCUT2D eigenvalue weighted by Crippen LogP contribution is -2.20. The van der Waals surface area contributed by atoms with Crippen molar-refractivity contribution < 1.29 is 4.42 Å². The molecule has 3 aromatic carbocycles. The first-order valence-electron chi connectivity index (χ1n) is 8.96. The van der Waals surface area contributed by atoms with E-state index in [-0.39, 0.29) is 12.4 Å². The van der Waals surface area contributed by atoms with Crippen molar-refractivity contribution in [1.29, 1.82) is 0 Å². The Morgan fingerprint density at radius 1 is 0.857 bits per heavy atom. The minimum Gasteiger partial charge on any atom is -0.456 e. The first kappa shape index (κ1) is 18.6. The smallest absolute Gasteiger partial charge is 0.136 e. The molecule has 140 valence electrons. The first-order chi connectivity index (χ1) is 13.3. The lowest BCUT2D eigenvalue weighted by molar-refractivity contribution is 0.631. The summed E-state index contributed by atoms with van der Waals surface area (Å²) < 4.78 is 6.23. The summed E-state index contributed by atoms with van der Waals surface area (Å²) in [5.74, 6) is 1.78. The number of rotatable bonds is 3. The number of nitrogens with one attached hydrogen (secondary N) is 1. The third kappa shape index (κ3) is 3.28. The molecule has 0 amide bonds. The average molecular weight is 409 g/mol. The van der Waals surface area contributed by atoms with Crippen molar-refractivity contribution in [3.8, 4) is 22.5 Å². The number of hydrogen-bond acceptors (Lipinski definition) is 3. The Balaban J connectivity index is 0.00000192. The van der Waals surface area contributed by atoms with E-state index in [4.69, 9.17) is 16.0 Å². The summed E-state index contributed by atoms with van der Waals surface area (Å²) in [6, 6.07) is 24.4. The highest BCUT2D eigenvalue weighted by atomic mass is 35.5. The van der Waals surface area contributed by atoms with Gasteiger partial charge in [0.1, 0.15) is 17.2 Å². The molecule has 0 saturated carbocycles. The molecule has 5 heteroatoms. The van der Waals surface area contributed by atoms with Crippen LogP contribution in [0.2, 0.25) is 5.02 Å². The van der Waals surface area contributed by atoms with Gasteiger partial charge in [0, 0.05) is 28.1 Å². The molecule has 5 rings (SSSR count). The van der Waals surface area contributed by atoms with Gasteiger partial charge in [-0.3, -0.25) is 4.99 Å². The highest BCUT2D eigenvalue weighted by Gasteiger charge is 2.17. The summed E-state index contributed by atoms with van der Waals surface area (Å²) in [5, 5.41) is 5.18. The van der Waals surface area contributed by atoms with Gasteiger partial charge < -0.3 is 9.73 Å². The van der Waals surface area contributed by atoms with Crippen molar-refractivity contribution in [1.82, 2.24) is 5.32 Å². The second kappa shape index (κ2) is 7.70. The highest BCUT2D eigenvalue weighted by molar-refractivity contribution is 6.30. The molecule has 0 saturated heterocycles. The highest BCUT2D eigenvalue weighted by Crippen LogP contribution is 2.36. The normalized spacial score (nSPS) is 13.1. The van der Waals surface area contributed by atoms with Gasteiger partial charge >= 0.3 is 0 Å². The lowest BCUT2D eigenvalue weighted by atomic mass is 10.0. The molecule has 1 aliphatic rings. The molecule has 1 N–H and O–H groups in total. The van der Waals surface area contributed by atoms with E-state index in [0.29, 0.717) is 0 Å². The van der Waals surface area contributed by atoms with E-state index in [1.165, 1.54) is 0 Å². The zero-order valence-electron chi connectivity index (χ0n) is 15.0. The van der Waals surface area contributed by atoms with Crippen molar-refractivity contribution in [2.45, 2.75) is 0 Å². The molecule has 0 radical (unpaired) electrons. The summed E-state index contributed by atoms with van der Waals surface area (Å²) in [7, 11) is 0. The van der Waals surface area contributed by atoms with Gasteiger partial charge in [-0.2, -0.15) is 0 Å². The van der Waals surface area contributed by atoms with Crippen LogP contribution < -0.4 is 5.32 Å². The molecular weight excluding hydrogens is 391 g/mol. The standard InChI is InChI=1S/C23H17ClN2O.ClH/c24-16-10-8-15(9-11-16)17-6-3-7-21-20(17)14-22(27-21)18-4-1-2-5-19(18)23-25-12-13-26-23;/h1-11,14H,12-13H2,(H,25,26);1H. The maximum Gasteiger partial charge on any atom is 0.136 e. The predicted octanol–water partition coefficient (Wildman–Crippen LogP) is 6.19. The number of halogens is 2. The van der Waals surface area contributed by atoms with Crippen molar-refractivity contribution in [3.63, 3.8) is 0 Å². The van der Waals surface area contributed by atoms with Crippen LogP contribution in [0.15, 0.2) is 82.2 Å². The van der Waals surface area contributed by atoms with E-state index < -0.39 is 0 Å². The maximum atomic E-state index is 6.23.